The van der Waals surface area contributed by atoms with E-state index >= 15 is 0 Å². The summed E-state index contributed by atoms with van der Waals surface area (Å²) < 4.78 is 0. The van der Waals surface area contributed by atoms with Crippen LogP contribution in [0.3, 0.4) is 0 Å². The van der Waals surface area contributed by atoms with E-state index in [1.165, 1.54) is 32.1 Å². The second-order valence-electron chi connectivity index (χ2n) is 5.98. The Bertz CT molecular complexity index is 270. The molecule has 1 saturated carbocycles. The summed E-state index contributed by atoms with van der Waals surface area (Å²) in [6.45, 7) is 2.91. The van der Waals surface area contributed by atoms with Crippen molar-refractivity contribution < 1.29 is 4.79 Å². The highest BCUT2D eigenvalue weighted by molar-refractivity contribution is 5.77. The standard InChI is InChI=1S/C14H27N3O/c1-16(2)10-8-14(18)17(13-6-7-13)11-12-5-3-4-9-15-12/h12-13,15H,3-11H2,1-2H3. The Morgan fingerprint density at radius 1 is 1.22 bits per heavy atom. The molecule has 0 radical (unpaired) electrons. The third kappa shape index (κ3) is 4.25. The van der Waals surface area contributed by atoms with Crippen molar-refractivity contribution in [3.05, 3.63) is 0 Å². The van der Waals surface area contributed by atoms with Crippen molar-refractivity contribution in [2.75, 3.05) is 33.7 Å². The molecular formula is C14H27N3O. The number of amides is 1. The molecule has 1 unspecified atom stereocenters. The summed E-state index contributed by atoms with van der Waals surface area (Å²) in [5, 5.41) is 3.55. The number of carbonyl (C=O) groups is 1. The number of hydrogen-bond acceptors (Lipinski definition) is 3. The van der Waals surface area contributed by atoms with Gasteiger partial charge in [0.05, 0.1) is 0 Å². The van der Waals surface area contributed by atoms with Crippen LogP contribution in [-0.4, -0.2) is 61.5 Å². The Kier molecular flexibility index (Phi) is 5.01. The van der Waals surface area contributed by atoms with E-state index in [0.29, 0.717) is 24.4 Å². The van der Waals surface area contributed by atoms with Crippen molar-refractivity contribution in [2.45, 2.75) is 50.6 Å². The smallest absolute Gasteiger partial charge is 0.224 e. The molecule has 1 aliphatic heterocycles. The van der Waals surface area contributed by atoms with E-state index in [2.05, 4.69) is 15.1 Å². The second kappa shape index (κ2) is 6.53. The molecule has 2 aliphatic rings. The van der Waals surface area contributed by atoms with Gasteiger partial charge in [0.15, 0.2) is 0 Å². The first-order valence-electron chi connectivity index (χ1n) is 7.34. The predicted octanol–water partition coefficient (Wildman–Crippen LogP) is 1.07. The highest BCUT2D eigenvalue weighted by Crippen LogP contribution is 2.28. The lowest BCUT2D eigenvalue weighted by molar-refractivity contribution is -0.132. The molecule has 1 aliphatic carbocycles. The van der Waals surface area contributed by atoms with E-state index < -0.39 is 0 Å². The maximum Gasteiger partial charge on any atom is 0.224 e. The molecule has 1 N–H and O–H groups in total. The Labute approximate surface area is 111 Å². The number of nitrogens with zero attached hydrogens (tertiary/aromatic N) is 2. The largest absolute Gasteiger partial charge is 0.338 e. The molecule has 2 fully saturated rings. The van der Waals surface area contributed by atoms with Gasteiger partial charge < -0.3 is 15.1 Å². The molecule has 0 spiro atoms. The van der Waals surface area contributed by atoms with Gasteiger partial charge >= 0.3 is 0 Å². The summed E-state index contributed by atoms with van der Waals surface area (Å²) in [5.74, 6) is 0.346. The summed E-state index contributed by atoms with van der Waals surface area (Å²) in [6, 6.07) is 1.08. The lowest BCUT2D eigenvalue weighted by Crippen LogP contribution is -2.47. The molecule has 18 heavy (non-hydrogen) atoms. The fourth-order valence-corrected chi connectivity index (χ4v) is 2.62. The van der Waals surface area contributed by atoms with Crippen LogP contribution in [0.15, 0.2) is 0 Å². The first-order valence-corrected chi connectivity index (χ1v) is 7.34. The molecule has 1 heterocycles. The van der Waals surface area contributed by atoms with Crippen LogP contribution >= 0.6 is 0 Å². The van der Waals surface area contributed by atoms with E-state index in [1.54, 1.807) is 0 Å². The van der Waals surface area contributed by atoms with E-state index in [0.717, 1.165) is 19.6 Å². The van der Waals surface area contributed by atoms with E-state index in [1.807, 2.05) is 14.1 Å². The molecule has 0 aromatic rings. The predicted molar refractivity (Wildman–Crippen MR) is 73.5 cm³/mol. The summed E-state index contributed by atoms with van der Waals surface area (Å²) in [7, 11) is 4.05. The van der Waals surface area contributed by atoms with Gasteiger partial charge in [-0.15, -0.1) is 0 Å². The fraction of sp³-hybridized carbons (Fsp3) is 0.929. The van der Waals surface area contributed by atoms with Crippen molar-refractivity contribution in [3.63, 3.8) is 0 Å². The van der Waals surface area contributed by atoms with Crippen molar-refractivity contribution in [2.24, 2.45) is 0 Å². The summed E-state index contributed by atoms with van der Waals surface area (Å²) in [4.78, 5) is 16.5. The summed E-state index contributed by atoms with van der Waals surface area (Å²) in [5.41, 5.74) is 0. The Morgan fingerprint density at radius 3 is 2.56 bits per heavy atom. The molecule has 0 aromatic carbocycles. The first-order chi connectivity index (χ1) is 8.66. The number of carbonyl (C=O) groups excluding carboxylic acids is 1. The van der Waals surface area contributed by atoms with Gasteiger partial charge in [-0.25, -0.2) is 0 Å². The number of nitrogens with one attached hydrogen (secondary N) is 1. The number of rotatable bonds is 6. The quantitative estimate of drug-likeness (QED) is 0.769. The van der Waals surface area contributed by atoms with E-state index in [9.17, 15) is 4.79 Å². The van der Waals surface area contributed by atoms with Gasteiger partial charge in [0.2, 0.25) is 5.91 Å². The average Bonchev–Trinajstić information content (AvgIpc) is 3.18. The molecule has 104 valence electrons. The van der Waals surface area contributed by atoms with Crippen LogP contribution in [0.25, 0.3) is 0 Å². The highest BCUT2D eigenvalue weighted by atomic mass is 16.2. The lowest BCUT2D eigenvalue weighted by atomic mass is 10.0. The van der Waals surface area contributed by atoms with E-state index in [-0.39, 0.29) is 0 Å². The third-order valence-electron chi connectivity index (χ3n) is 3.91. The zero-order valence-electron chi connectivity index (χ0n) is 11.8. The molecule has 0 bridgehead atoms. The molecule has 4 heteroatoms. The van der Waals surface area contributed by atoms with Gasteiger partial charge in [-0.05, 0) is 46.3 Å². The fourth-order valence-electron chi connectivity index (χ4n) is 2.62. The van der Waals surface area contributed by atoms with Crippen LogP contribution < -0.4 is 5.32 Å². The van der Waals surface area contributed by atoms with Crippen LogP contribution in [-0.2, 0) is 4.79 Å². The number of hydrogen-bond donors (Lipinski definition) is 1. The van der Waals surface area contributed by atoms with Crippen LogP contribution in [0, 0.1) is 0 Å². The Balaban J connectivity index is 1.81. The normalized spacial score (nSPS) is 24.3. The molecule has 1 atom stereocenters. The van der Waals surface area contributed by atoms with Crippen LogP contribution in [0.4, 0.5) is 0 Å². The zero-order valence-corrected chi connectivity index (χ0v) is 11.8. The van der Waals surface area contributed by atoms with Gasteiger partial charge in [-0.3, -0.25) is 4.79 Å². The molecule has 4 nitrogen and oxygen atoms in total. The van der Waals surface area contributed by atoms with Gasteiger partial charge in [0, 0.05) is 31.6 Å². The Morgan fingerprint density at radius 2 is 2.00 bits per heavy atom. The van der Waals surface area contributed by atoms with Crippen molar-refractivity contribution in [1.29, 1.82) is 0 Å². The average molecular weight is 253 g/mol. The van der Waals surface area contributed by atoms with Gasteiger partial charge in [-0.2, -0.15) is 0 Å². The van der Waals surface area contributed by atoms with E-state index in [4.69, 9.17) is 0 Å². The van der Waals surface area contributed by atoms with Crippen molar-refractivity contribution in [3.8, 4) is 0 Å². The minimum Gasteiger partial charge on any atom is -0.338 e. The highest BCUT2D eigenvalue weighted by Gasteiger charge is 2.33. The van der Waals surface area contributed by atoms with Crippen LogP contribution in [0.2, 0.25) is 0 Å². The van der Waals surface area contributed by atoms with Gasteiger partial charge in [-0.1, -0.05) is 6.42 Å². The SMILES string of the molecule is CN(C)CCC(=O)N(CC1CCCCN1)C1CC1. The van der Waals surface area contributed by atoms with Gasteiger partial charge in [0.25, 0.3) is 0 Å². The summed E-state index contributed by atoms with van der Waals surface area (Å²) in [6.07, 6.45) is 6.90. The van der Waals surface area contributed by atoms with Crippen molar-refractivity contribution in [1.82, 2.24) is 15.1 Å². The van der Waals surface area contributed by atoms with Crippen LogP contribution in [0.5, 0.6) is 0 Å². The minimum absolute atomic E-state index is 0.346. The van der Waals surface area contributed by atoms with Crippen LogP contribution in [0.1, 0.15) is 38.5 Å². The van der Waals surface area contributed by atoms with Gasteiger partial charge in [0.1, 0.15) is 0 Å². The Hall–Kier alpha value is -0.610. The monoisotopic (exact) mass is 253 g/mol. The minimum atomic E-state index is 0.346. The second-order valence-corrected chi connectivity index (χ2v) is 5.98. The molecular weight excluding hydrogens is 226 g/mol. The molecule has 0 aromatic heterocycles. The first kappa shape index (κ1) is 13.8. The number of piperidine rings is 1. The maximum absolute atomic E-state index is 12.3. The maximum atomic E-state index is 12.3. The molecule has 1 amide bonds. The molecule has 1 saturated heterocycles. The third-order valence-corrected chi connectivity index (χ3v) is 3.91. The molecule has 2 rings (SSSR count). The van der Waals surface area contributed by atoms with Crippen molar-refractivity contribution >= 4 is 5.91 Å². The summed E-state index contributed by atoms with van der Waals surface area (Å²) >= 11 is 0. The topological polar surface area (TPSA) is 35.6 Å². The lowest BCUT2D eigenvalue weighted by Gasteiger charge is -2.31. The zero-order chi connectivity index (χ0) is 13.0.